The molecule has 30 heavy (non-hydrogen) atoms. The van der Waals surface area contributed by atoms with Crippen molar-refractivity contribution in [2.45, 2.75) is 33.1 Å². The van der Waals surface area contributed by atoms with E-state index < -0.39 is 0 Å². The molecule has 156 valence electrons. The molecule has 0 fully saturated rings. The van der Waals surface area contributed by atoms with Gasteiger partial charge in [-0.05, 0) is 79.6 Å². The summed E-state index contributed by atoms with van der Waals surface area (Å²) >= 11 is 0. The van der Waals surface area contributed by atoms with Crippen molar-refractivity contribution in [3.63, 3.8) is 0 Å². The molecule has 6 heteroatoms. The van der Waals surface area contributed by atoms with Gasteiger partial charge in [0.15, 0.2) is 11.5 Å². The molecule has 2 N–H and O–H groups in total. The van der Waals surface area contributed by atoms with Gasteiger partial charge in [-0.3, -0.25) is 4.79 Å². The van der Waals surface area contributed by atoms with Crippen molar-refractivity contribution in [2.75, 3.05) is 13.7 Å². The van der Waals surface area contributed by atoms with Crippen LogP contribution in [0.25, 0.3) is 10.9 Å². The van der Waals surface area contributed by atoms with Gasteiger partial charge in [0, 0.05) is 22.2 Å². The van der Waals surface area contributed by atoms with E-state index in [0.29, 0.717) is 29.6 Å². The predicted octanol–water partition coefficient (Wildman–Crippen LogP) is 4.46. The highest BCUT2D eigenvalue weighted by Crippen LogP contribution is 2.32. The van der Waals surface area contributed by atoms with Crippen LogP contribution in [0.15, 0.2) is 41.5 Å². The van der Waals surface area contributed by atoms with Crippen LogP contribution in [0, 0.1) is 5.92 Å². The zero-order valence-corrected chi connectivity index (χ0v) is 17.6. The Balaban J connectivity index is 1.49. The number of hydrogen-bond acceptors (Lipinski definition) is 4. The lowest BCUT2D eigenvalue weighted by molar-refractivity contribution is 0.0955. The van der Waals surface area contributed by atoms with Crippen LogP contribution >= 0.6 is 0 Å². The molecule has 1 amide bonds. The monoisotopic (exact) mass is 405 g/mol. The number of hydrogen-bond donors (Lipinski definition) is 2. The third kappa shape index (κ3) is 4.03. The van der Waals surface area contributed by atoms with Gasteiger partial charge in [-0.1, -0.05) is 6.92 Å². The van der Waals surface area contributed by atoms with Gasteiger partial charge in [0.2, 0.25) is 0 Å². The van der Waals surface area contributed by atoms with Gasteiger partial charge in [-0.2, -0.15) is 5.10 Å². The lowest BCUT2D eigenvalue weighted by Crippen LogP contribution is -2.17. The molecule has 1 heterocycles. The van der Waals surface area contributed by atoms with E-state index in [4.69, 9.17) is 9.47 Å². The fourth-order valence-electron chi connectivity index (χ4n) is 4.00. The van der Waals surface area contributed by atoms with E-state index in [-0.39, 0.29) is 5.91 Å². The molecule has 1 aliphatic rings. The number of aryl methyl sites for hydroxylation is 1. The smallest absolute Gasteiger partial charge is 0.271 e. The second kappa shape index (κ2) is 8.61. The third-order valence-corrected chi connectivity index (χ3v) is 5.56. The highest BCUT2D eigenvalue weighted by Gasteiger charge is 2.20. The van der Waals surface area contributed by atoms with Gasteiger partial charge in [0.05, 0.1) is 19.9 Å². The second-order valence-corrected chi connectivity index (χ2v) is 7.73. The molecule has 0 bridgehead atoms. The Morgan fingerprint density at radius 3 is 2.93 bits per heavy atom. The lowest BCUT2D eigenvalue weighted by Gasteiger charge is -2.18. The molecule has 1 aliphatic carbocycles. The average Bonchev–Trinajstić information content (AvgIpc) is 3.11. The quantitative estimate of drug-likeness (QED) is 0.469. The van der Waals surface area contributed by atoms with Crippen molar-refractivity contribution in [3.8, 4) is 11.5 Å². The van der Waals surface area contributed by atoms with Crippen LogP contribution in [-0.2, 0) is 12.8 Å². The number of fused-ring (bicyclic) bond motifs is 3. The number of aromatic nitrogens is 1. The van der Waals surface area contributed by atoms with E-state index >= 15 is 0 Å². The van der Waals surface area contributed by atoms with Gasteiger partial charge >= 0.3 is 0 Å². The molecule has 1 unspecified atom stereocenters. The summed E-state index contributed by atoms with van der Waals surface area (Å²) in [6.07, 6.45) is 4.92. The molecule has 1 aromatic heterocycles. The standard InChI is InChI=1S/C24H27N3O3/c1-4-30-22-10-6-16(12-23(22)29-3)14-25-27-24(28)17-7-9-21-19(13-17)18-11-15(2)5-8-20(18)26-21/h6-7,9-10,12-15,26H,4-5,8,11H2,1-3H3,(H,27,28)/b25-14-. The largest absolute Gasteiger partial charge is 0.493 e. The topological polar surface area (TPSA) is 75.7 Å². The number of nitrogens with one attached hydrogen (secondary N) is 2. The van der Waals surface area contributed by atoms with Gasteiger partial charge in [-0.15, -0.1) is 0 Å². The number of hydrazone groups is 1. The summed E-state index contributed by atoms with van der Waals surface area (Å²) in [7, 11) is 1.59. The molecule has 0 spiro atoms. The molecular formula is C24H27N3O3. The Bertz CT molecular complexity index is 1100. The normalized spacial score (nSPS) is 15.9. The van der Waals surface area contributed by atoms with Crippen LogP contribution in [0.4, 0.5) is 0 Å². The first-order chi connectivity index (χ1) is 14.6. The number of ether oxygens (including phenoxy) is 2. The molecule has 0 saturated carbocycles. The van der Waals surface area contributed by atoms with E-state index in [1.165, 1.54) is 17.7 Å². The van der Waals surface area contributed by atoms with Gasteiger partial charge in [0.1, 0.15) is 0 Å². The fourth-order valence-corrected chi connectivity index (χ4v) is 4.00. The zero-order chi connectivity index (χ0) is 21.1. The minimum absolute atomic E-state index is 0.232. The van der Waals surface area contributed by atoms with E-state index in [9.17, 15) is 4.79 Å². The van der Waals surface area contributed by atoms with Gasteiger partial charge in [-0.25, -0.2) is 5.43 Å². The van der Waals surface area contributed by atoms with Crippen LogP contribution < -0.4 is 14.9 Å². The van der Waals surface area contributed by atoms with Crippen molar-refractivity contribution in [3.05, 3.63) is 58.8 Å². The summed E-state index contributed by atoms with van der Waals surface area (Å²) in [5.74, 6) is 1.75. The summed E-state index contributed by atoms with van der Waals surface area (Å²) < 4.78 is 10.9. The molecule has 0 saturated heterocycles. The van der Waals surface area contributed by atoms with Gasteiger partial charge < -0.3 is 14.5 Å². The van der Waals surface area contributed by atoms with E-state index in [2.05, 4.69) is 22.4 Å². The Morgan fingerprint density at radius 2 is 2.13 bits per heavy atom. The zero-order valence-electron chi connectivity index (χ0n) is 17.6. The molecule has 3 aromatic rings. The van der Waals surface area contributed by atoms with Crippen molar-refractivity contribution >= 4 is 23.0 Å². The molecule has 0 radical (unpaired) electrons. The van der Waals surface area contributed by atoms with Crippen molar-refractivity contribution in [2.24, 2.45) is 11.0 Å². The number of amides is 1. The molecular weight excluding hydrogens is 378 g/mol. The molecule has 2 aromatic carbocycles. The Morgan fingerprint density at radius 1 is 1.27 bits per heavy atom. The number of nitrogens with zero attached hydrogens (tertiary/aromatic N) is 1. The van der Waals surface area contributed by atoms with Gasteiger partial charge in [0.25, 0.3) is 5.91 Å². The fraction of sp³-hybridized carbons (Fsp3) is 0.333. The number of H-pyrrole nitrogens is 1. The number of carbonyl (C=O) groups excluding carboxylic acids is 1. The minimum Gasteiger partial charge on any atom is -0.493 e. The maximum absolute atomic E-state index is 12.6. The van der Waals surface area contributed by atoms with Crippen molar-refractivity contribution in [1.29, 1.82) is 0 Å². The summed E-state index contributed by atoms with van der Waals surface area (Å²) in [5.41, 5.74) is 7.78. The molecule has 4 rings (SSSR count). The lowest BCUT2D eigenvalue weighted by atomic mass is 9.87. The van der Waals surface area contributed by atoms with Crippen LogP contribution in [0.2, 0.25) is 0 Å². The SMILES string of the molecule is CCOc1ccc(/C=N\NC(=O)c2ccc3[nH]c4c(c3c2)CC(C)CC4)cc1OC. The number of aromatic amines is 1. The first-order valence-corrected chi connectivity index (χ1v) is 10.4. The highest BCUT2D eigenvalue weighted by atomic mass is 16.5. The van der Waals surface area contributed by atoms with Crippen molar-refractivity contribution < 1.29 is 14.3 Å². The Hall–Kier alpha value is -3.28. The predicted molar refractivity (Wildman–Crippen MR) is 119 cm³/mol. The molecule has 6 nitrogen and oxygen atoms in total. The Labute approximate surface area is 176 Å². The van der Waals surface area contributed by atoms with Crippen LogP contribution in [0.1, 0.15) is 47.4 Å². The minimum atomic E-state index is -0.232. The maximum atomic E-state index is 12.6. The number of carbonyl (C=O) groups is 1. The first-order valence-electron chi connectivity index (χ1n) is 10.4. The first kappa shape index (κ1) is 20.0. The van der Waals surface area contributed by atoms with Crippen LogP contribution in [0.3, 0.4) is 0 Å². The number of rotatable bonds is 6. The van der Waals surface area contributed by atoms with Crippen molar-refractivity contribution in [1.82, 2.24) is 10.4 Å². The number of benzene rings is 2. The summed E-state index contributed by atoms with van der Waals surface area (Å²) in [6.45, 7) is 4.77. The van der Waals surface area contributed by atoms with E-state index in [1.807, 2.05) is 43.3 Å². The third-order valence-electron chi connectivity index (χ3n) is 5.56. The maximum Gasteiger partial charge on any atom is 0.271 e. The van der Waals surface area contributed by atoms with Crippen LogP contribution in [0.5, 0.6) is 11.5 Å². The van der Waals surface area contributed by atoms with Crippen LogP contribution in [-0.4, -0.2) is 30.8 Å². The average molecular weight is 405 g/mol. The highest BCUT2D eigenvalue weighted by molar-refractivity contribution is 5.99. The summed E-state index contributed by atoms with van der Waals surface area (Å²) in [4.78, 5) is 16.1. The summed E-state index contributed by atoms with van der Waals surface area (Å²) in [5, 5.41) is 5.25. The van der Waals surface area contributed by atoms with E-state index in [1.54, 1.807) is 13.3 Å². The summed E-state index contributed by atoms with van der Waals surface area (Å²) in [6, 6.07) is 11.3. The molecule has 0 aliphatic heterocycles. The molecule has 1 atom stereocenters. The second-order valence-electron chi connectivity index (χ2n) is 7.73. The van der Waals surface area contributed by atoms with E-state index in [0.717, 1.165) is 29.3 Å². The Kier molecular flexibility index (Phi) is 5.74. The number of methoxy groups -OCH3 is 1.